The highest BCUT2D eigenvalue weighted by molar-refractivity contribution is 9.10. The molecule has 0 unspecified atom stereocenters. The van der Waals surface area contributed by atoms with Gasteiger partial charge in [-0.25, -0.2) is 22.2 Å². The minimum absolute atomic E-state index is 0.341. The maximum Gasteiger partial charge on any atom is 0.267 e. The smallest absolute Gasteiger partial charge is 0.267 e. The SMILES string of the molecule is COc1ncc(C(F)F)c(Br)c1S(=O)(=O)Cl. The summed E-state index contributed by atoms with van der Waals surface area (Å²) in [5.41, 5.74) is -0.569. The standard InChI is InChI=1S/C7H5BrClF2NO3S/c1-15-7-5(16(9,13)14)4(8)3(2-12-7)6(10)11/h2,6H,1H3. The summed E-state index contributed by atoms with van der Waals surface area (Å²) in [6.45, 7) is 0. The summed E-state index contributed by atoms with van der Waals surface area (Å²) in [7, 11) is 2.03. The Morgan fingerprint density at radius 1 is 1.56 bits per heavy atom. The Balaban J connectivity index is 3.60. The Morgan fingerprint density at radius 3 is 2.50 bits per heavy atom. The van der Waals surface area contributed by atoms with Crippen LogP contribution in [0.2, 0.25) is 0 Å². The minimum atomic E-state index is -4.23. The number of halogens is 4. The fourth-order valence-electron chi connectivity index (χ4n) is 0.977. The molecule has 9 heteroatoms. The normalized spacial score (nSPS) is 11.9. The van der Waals surface area contributed by atoms with Crippen molar-refractivity contribution < 1.29 is 21.9 Å². The van der Waals surface area contributed by atoms with Gasteiger partial charge in [0.15, 0.2) is 4.90 Å². The van der Waals surface area contributed by atoms with Crippen LogP contribution in [-0.2, 0) is 9.05 Å². The van der Waals surface area contributed by atoms with Crippen LogP contribution in [0.25, 0.3) is 0 Å². The maximum atomic E-state index is 12.5. The van der Waals surface area contributed by atoms with Crippen LogP contribution in [0.4, 0.5) is 8.78 Å². The van der Waals surface area contributed by atoms with Gasteiger partial charge >= 0.3 is 0 Å². The number of aromatic nitrogens is 1. The van der Waals surface area contributed by atoms with E-state index in [1.807, 2.05) is 0 Å². The van der Waals surface area contributed by atoms with Gasteiger partial charge in [-0.2, -0.15) is 0 Å². The molecule has 1 aromatic rings. The van der Waals surface area contributed by atoms with Crippen molar-refractivity contribution in [2.24, 2.45) is 0 Å². The van der Waals surface area contributed by atoms with E-state index in [0.29, 0.717) is 0 Å². The van der Waals surface area contributed by atoms with Crippen LogP contribution >= 0.6 is 26.6 Å². The Labute approximate surface area is 103 Å². The number of nitrogens with zero attached hydrogens (tertiary/aromatic N) is 1. The Hall–Kier alpha value is -0.470. The van der Waals surface area contributed by atoms with E-state index in [-0.39, 0.29) is 10.4 Å². The first-order valence-corrected chi connectivity index (χ1v) is 6.84. The second-order valence-electron chi connectivity index (χ2n) is 2.60. The predicted molar refractivity (Wildman–Crippen MR) is 56.5 cm³/mol. The molecular weight excluding hydrogens is 332 g/mol. The summed E-state index contributed by atoms with van der Waals surface area (Å²) in [5.74, 6) is -0.341. The highest BCUT2D eigenvalue weighted by Gasteiger charge is 2.27. The molecule has 90 valence electrons. The number of rotatable bonds is 3. The monoisotopic (exact) mass is 335 g/mol. The van der Waals surface area contributed by atoms with Gasteiger partial charge in [-0.3, -0.25) is 0 Å². The van der Waals surface area contributed by atoms with Gasteiger partial charge in [0.25, 0.3) is 15.5 Å². The molecule has 1 rings (SSSR count). The topological polar surface area (TPSA) is 56.3 Å². The van der Waals surface area contributed by atoms with Crippen LogP contribution in [0.3, 0.4) is 0 Å². The molecule has 0 bridgehead atoms. The van der Waals surface area contributed by atoms with E-state index in [1.54, 1.807) is 0 Å². The van der Waals surface area contributed by atoms with Gasteiger partial charge in [0.2, 0.25) is 5.88 Å². The third-order valence-corrected chi connectivity index (χ3v) is 4.09. The molecule has 0 saturated carbocycles. The van der Waals surface area contributed by atoms with Crippen LogP contribution in [0.15, 0.2) is 15.6 Å². The molecule has 0 aliphatic carbocycles. The molecule has 16 heavy (non-hydrogen) atoms. The second kappa shape index (κ2) is 4.80. The third-order valence-electron chi connectivity index (χ3n) is 1.64. The fourth-order valence-corrected chi connectivity index (χ4v) is 3.45. The zero-order valence-corrected chi connectivity index (χ0v) is 10.9. The zero-order valence-electron chi connectivity index (χ0n) is 7.75. The summed E-state index contributed by atoms with van der Waals surface area (Å²) in [4.78, 5) is 2.85. The molecule has 0 aliphatic rings. The molecule has 4 nitrogen and oxygen atoms in total. The molecule has 0 aromatic carbocycles. The van der Waals surface area contributed by atoms with Crippen molar-refractivity contribution in [3.05, 3.63) is 16.2 Å². The van der Waals surface area contributed by atoms with E-state index in [2.05, 4.69) is 25.7 Å². The summed E-state index contributed by atoms with van der Waals surface area (Å²) >= 11 is 2.75. The summed E-state index contributed by atoms with van der Waals surface area (Å²) in [6, 6.07) is 0. The molecule has 0 aliphatic heterocycles. The molecular formula is C7H5BrClF2NO3S. The van der Waals surface area contributed by atoms with E-state index in [4.69, 9.17) is 10.7 Å². The lowest BCUT2D eigenvalue weighted by atomic mass is 10.3. The van der Waals surface area contributed by atoms with Crippen molar-refractivity contribution in [1.82, 2.24) is 4.98 Å². The van der Waals surface area contributed by atoms with E-state index in [0.717, 1.165) is 13.3 Å². The van der Waals surface area contributed by atoms with Crippen LogP contribution < -0.4 is 4.74 Å². The average Bonchev–Trinajstić information content (AvgIpc) is 2.14. The van der Waals surface area contributed by atoms with E-state index in [9.17, 15) is 17.2 Å². The van der Waals surface area contributed by atoms with Crippen molar-refractivity contribution >= 4 is 35.7 Å². The lowest BCUT2D eigenvalue weighted by Gasteiger charge is -2.10. The van der Waals surface area contributed by atoms with Crippen LogP contribution in [0, 0.1) is 0 Å². The molecule has 1 heterocycles. The third kappa shape index (κ3) is 2.61. The van der Waals surface area contributed by atoms with Gasteiger partial charge in [-0.05, 0) is 15.9 Å². The zero-order chi connectivity index (χ0) is 12.5. The van der Waals surface area contributed by atoms with Crippen molar-refractivity contribution in [2.75, 3.05) is 7.11 Å². The number of hydrogen-bond acceptors (Lipinski definition) is 4. The Morgan fingerprint density at radius 2 is 2.12 bits per heavy atom. The minimum Gasteiger partial charge on any atom is -0.480 e. The van der Waals surface area contributed by atoms with Crippen LogP contribution in [0.5, 0.6) is 5.88 Å². The van der Waals surface area contributed by atoms with Crippen molar-refractivity contribution in [2.45, 2.75) is 11.3 Å². The molecule has 0 spiro atoms. The lowest BCUT2D eigenvalue weighted by molar-refractivity contribution is 0.149. The summed E-state index contributed by atoms with van der Waals surface area (Å²) in [6.07, 6.45) is -2.05. The molecule has 0 fully saturated rings. The number of pyridine rings is 1. The molecule has 0 saturated heterocycles. The maximum absolute atomic E-state index is 12.5. The largest absolute Gasteiger partial charge is 0.480 e. The first-order valence-electron chi connectivity index (χ1n) is 3.74. The molecule has 0 amide bonds. The molecule has 0 N–H and O–H groups in total. The first kappa shape index (κ1) is 13.6. The predicted octanol–water partition coefficient (Wildman–Crippen LogP) is 2.72. The molecule has 0 radical (unpaired) electrons. The highest BCUT2D eigenvalue weighted by atomic mass is 79.9. The van der Waals surface area contributed by atoms with Gasteiger partial charge in [0.05, 0.1) is 17.1 Å². The van der Waals surface area contributed by atoms with Crippen molar-refractivity contribution in [3.8, 4) is 5.88 Å². The van der Waals surface area contributed by atoms with Gasteiger partial charge in [0.1, 0.15) is 0 Å². The van der Waals surface area contributed by atoms with E-state index in [1.165, 1.54) is 0 Å². The highest BCUT2D eigenvalue weighted by Crippen LogP contribution is 2.38. The van der Waals surface area contributed by atoms with Crippen LogP contribution in [0.1, 0.15) is 12.0 Å². The average molecular weight is 337 g/mol. The van der Waals surface area contributed by atoms with E-state index < -0.39 is 25.9 Å². The quantitative estimate of drug-likeness (QED) is 0.796. The Bertz CT molecular complexity index is 509. The van der Waals surface area contributed by atoms with Gasteiger partial charge in [0, 0.05) is 16.9 Å². The fraction of sp³-hybridized carbons (Fsp3) is 0.286. The van der Waals surface area contributed by atoms with Gasteiger partial charge < -0.3 is 4.74 Å². The Kier molecular flexibility index (Phi) is 4.08. The number of alkyl halides is 2. The van der Waals surface area contributed by atoms with Gasteiger partial charge in [-0.1, -0.05) is 0 Å². The molecule has 0 atom stereocenters. The summed E-state index contributed by atoms with van der Waals surface area (Å²) in [5, 5.41) is 0. The number of methoxy groups -OCH3 is 1. The van der Waals surface area contributed by atoms with Crippen LogP contribution in [-0.4, -0.2) is 20.5 Å². The van der Waals surface area contributed by atoms with Crippen molar-refractivity contribution in [1.29, 1.82) is 0 Å². The number of hydrogen-bond donors (Lipinski definition) is 0. The lowest BCUT2D eigenvalue weighted by Crippen LogP contribution is -2.03. The van der Waals surface area contributed by atoms with Crippen molar-refractivity contribution in [3.63, 3.8) is 0 Å². The number of ether oxygens (including phenoxy) is 1. The second-order valence-corrected chi connectivity index (χ2v) is 5.90. The summed E-state index contributed by atoms with van der Waals surface area (Å²) < 4.78 is 51.6. The first-order chi connectivity index (χ1) is 7.29. The van der Waals surface area contributed by atoms with Gasteiger partial charge in [-0.15, -0.1) is 0 Å². The van der Waals surface area contributed by atoms with E-state index >= 15 is 0 Å². The molecule has 1 aromatic heterocycles.